The van der Waals surface area contributed by atoms with E-state index in [4.69, 9.17) is 0 Å². The van der Waals surface area contributed by atoms with E-state index in [2.05, 4.69) is 155 Å². The van der Waals surface area contributed by atoms with E-state index in [1.54, 1.807) is 10.6 Å². The molecule has 12 rings (SSSR count). The van der Waals surface area contributed by atoms with Crippen LogP contribution in [-0.2, 0) is 0 Å². The largest absolute Gasteiger partial charge is 0.340 e. The van der Waals surface area contributed by atoms with Crippen molar-refractivity contribution in [3.63, 3.8) is 0 Å². The quantitative estimate of drug-likeness (QED) is 0.168. The van der Waals surface area contributed by atoms with Crippen molar-refractivity contribution in [3.05, 3.63) is 239 Å². The number of aromatic nitrogens is 4. The average Bonchev–Trinajstić information content (AvgIpc) is 3.85. The molecular formula is C56H36N4O2. The number of hydrogen-bond acceptors (Lipinski definition) is 2. The van der Waals surface area contributed by atoms with E-state index in [1.807, 2.05) is 66.7 Å². The Balaban J connectivity index is 0.972. The molecule has 0 bridgehead atoms. The van der Waals surface area contributed by atoms with Crippen LogP contribution in [0.4, 0.5) is 0 Å². The maximum absolute atomic E-state index is 14.8. The van der Waals surface area contributed by atoms with E-state index in [0.29, 0.717) is 22.3 Å². The second kappa shape index (κ2) is 14.1. The number of para-hydroxylation sites is 3. The summed E-state index contributed by atoms with van der Waals surface area (Å²) in [6.45, 7) is 0. The van der Waals surface area contributed by atoms with Crippen LogP contribution >= 0.6 is 0 Å². The Kier molecular flexibility index (Phi) is 8.05. The summed E-state index contributed by atoms with van der Waals surface area (Å²) >= 11 is 0. The Morgan fingerprint density at radius 2 is 0.726 bits per heavy atom. The van der Waals surface area contributed by atoms with Crippen molar-refractivity contribution in [2.45, 2.75) is 0 Å². The van der Waals surface area contributed by atoms with Gasteiger partial charge in [-0.25, -0.2) is 9.36 Å². The fourth-order valence-electron chi connectivity index (χ4n) is 9.46. The third kappa shape index (κ3) is 5.44. The van der Waals surface area contributed by atoms with Crippen molar-refractivity contribution in [2.24, 2.45) is 0 Å². The van der Waals surface area contributed by atoms with Crippen molar-refractivity contribution < 1.29 is 0 Å². The number of hydrogen-bond donors (Lipinski definition) is 0. The van der Waals surface area contributed by atoms with Crippen molar-refractivity contribution in [1.29, 1.82) is 0 Å². The molecule has 0 aliphatic carbocycles. The van der Waals surface area contributed by atoms with Gasteiger partial charge < -0.3 is 9.13 Å². The van der Waals surface area contributed by atoms with Gasteiger partial charge in [0.1, 0.15) is 0 Å². The van der Waals surface area contributed by atoms with Crippen LogP contribution in [0, 0.1) is 0 Å². The van der Waals surface area contributed by atoms with Crippen LogP contribution in [0.25, 0.3) is 99.5 Å². The highest BCUT2D eigenvalue weighted by Crippen LogP contribution is 2.39. The lowest BCUT2D eigenvalue weighted by atomic mass is 9.99. The van der Waals surface area contributed by atoms with E-state index in [1.165, 1.54) is 26.5 Å². The summed E-state index contributed by atoms with van der Waals surface area (Å²) in [5.41, 5.74) is 11.8. The highest BCUT2D eigenvalue weighted by Gasteiger charge is 2.19. The fourth-order valence-corrected chi connectivity index (χ4v) is 9.46. The van der Waals surface area contributed by atoms with Crippen LogP contribution in [0.2, 0.25) is 0 Å². The predicted molar refractivity (Wildman–Crippen MR) is 255 cm³/mol. The summed E-state index contributed by atoms with van der Waals surface area (Å²) in [5, 5.41) is 5.11. The van der Waals surface area contributed by atoms with Crippen LogP contribution in [0.3, 0.4) is 0 Å². The maximum Gasteiger partial charge on any atom is 0.340 e. The number of fused-ring (bicyclic) bond motifs is 7. The Labute approximate surface area is 355 Å². The van der Waals surface area contributed by atoms with Gasteiger partial charge >= 0.3 is 5.69 Å². The topological polar surface area (TPSA) is 53.9 Å². The SMILES string of the molecule is O=c1c2ccccc2n(-c2ccc(-n3c4ccccc4c4c(-c5ccccc5)cccc43)cc2)c(=O)n1-c1ccc(-n2c3ccccc3c3cc(-c4ccccc4)ccc32)cc1. The van der Waals surface area contributed by atoms with Gasteiger partial charge in [-0.05, 0) is 113 Å². The summed E-state index contributed by atoms with van der Waals surface area (Å²) in [6, 6.07) is 73.9. The molecule has 0 amide bonds. The molecule has 0 spiro atoms. The van der Waals surface area contributed by atoms with Gasteiger partial charge in [0.25, 0.3) is 5.56 Å². The maximum atomic E-state index is 14.8. The minimum absolute atomic E-state index is 0.365. The second-order valence-electron chi connectivity index (χ2n) is 15.7. The molecule has 12 aromatic rings. The van der Waals surface area contributed by atoms with Crippen LogP contribution in [-0.4, -0.2) is 18.3 Å². The van der Waals surface area contributed by atoms with E-state index in [0.717, 1.165) is 55.3 Å². The molecule has 3 heterocycles. The molecule has 0 aliphatic heterocycles. The highest BCUT2D eigenvalue weighted by atomic mass is 16.2. The number of nitrogens with zero attached hydrogens (tertiary/aromatic N) is 4. The van der Waals surface area contributed by atoms with Crippen LogP contribution in [0.15, 0.2) is 228 Å². The molecule has 6 heteroatoms. The monoisotopic (exact) mass is 796 g/mol. The molecule has 0 N–H and O–H groups in total. The van der Waals surface area contributed by atoms with Crippen LogP contribution < -0.4 is 11.2 Å². The normalized spacial score (nSPS) is 11.7. The molecule has 0 fully saturated rings. The van der Waals surface area contributed by atoms with Gasteiger partial charge in [0.2, 0.25) is 0 Å². The first-order valence-corrected chi connectivity index (χ1v) is 20.8. The minimum atomic E-state index is -0.441. The standard InChI is InChI=1S/C56H36N4O2/c61-55-47-20-9-12-24-51(47)59(42-31-27-41(28-32-42)58-50-23-11-8-19-46(50)54-44(21-13-25-53(54)58)38-16-5-2-6-17-38)56(62)60(55)43-33-29-40(30-34-43)57-49-22-10-7-18-45(49)48-36-39(26-35-52(48)57)37-14-3-1-4-15-37/h1-36H. The van der Waals surface area contributed by atoms with E-state index < -0.39 is 5.69 Å². The zero-order valence-corrected chi connectivity index (χ0v) is 33.4. The van der Waals surface area contributed by atoms with Crippen LogP contribution in [0.5, 0.6) is 0 Å². The summed E-state index contributed by atoms with van der Waals surface area (Å²) in [4.78, 5) is 29.0. The molecule has 0 unspecified atom stereocenters. The first-order valence-electron chi connectivity index (χ1n) is 20.8. The predicted octanol–water partition coefficient (Wildman–Crippen LogP) is 12.7. The van der Waals surface area contributed by atoms with Crippen molar-refractivity contribution in [2.75, 3.05) is 0 Å². The van der Waals surface area contributed by atoms with Crippen molar-refractivity contribution >= 4 is 54.5 Å². The Bertz CT molecular complexity index is 3820. The third-order valence-electron chi connectivity index (χ3n) is 12.3. The van der Waals surface area contributed by atoms with Gasteiger partial charge in [0, 0.05) is 32.9 Å². The Morgan fingerprint density at radius 3 is 1.37 bits per heavy atom. The molecular weight excluding hydrogens is 761 g/mol. The van der Waals surface area contributed by atoms with Crippen molar-refractivity contribution in [1.82, 2.24) is 18.3 Å². The van der Waals surface area contributed by atoms with Crippen LogP contribution in [0.1, 0.15) is 0 Å². The number of benzene rings is 9. The van der Waals surface area contributed by atoms with E-state index in [9.17, 15) is 9.59 Å². The smallest absolute Gasteiger partial charge is 0.309 e. The first kappa shape index (κ1) is 35.5. The van der Waals surface area contributed by atoms with Gasteiger partial charge in [-0.15, -0.1) is 0 Å². The molecule has 0 radical (unpaired) electrons. The molecule has 3 aromatic heterocycles. The second-order valence-corrected chi connectivity index (χ2v) is 15.7. The molecule has 292 valence electrons. The molecule has 62 heavy (non-hydrogen) atoms. The molecule has 9 aromatic carbocycles. The molecule has 0 saturated heterocycles. The van der Waals surface area contributed by atoms with Gasteiger partial charge in [-0.3, -0.25) is 9.36 Å². The third-order valence-corrected chi connectivity index (χ3v) is 12.3. The molecule has 0 saturated carbocycles. The van der Waals surface area contributed by atoms with Gasteiger partial charge in [0.15, 0.2) is 0 Å². The lowest BCUT2D eigenvalue weighted by Crippen LogP contribution is -2.38. The first-order chi connectivity index (χ1) is 30.6. The zero-order valence-electron chi connectivity index (χ0n) is 33.4. The zero-order chi connectivity index (χ0) is 41.3. The summed E-state index contributed by atoms with van der Waals surface area (Å²) < 4.78 is 7.46. The fraction of sp³-hybridized carbons (Fsp3) is 0. The average molecular weight is 797 g/mol. The lowest BCUT2D eigenvalue weighted by Gasteiger charge is -2.16. The van der Waals surface area contributed by atoms with E-state index in [-0.39, 0.29) is 5.56 Å². The van der Waals surface area contributed by atoms with Gasteiger partial charge in [-0.1, -0.05) is 127 Å². The summed E-state index contributed by atoms with van der Waals surface area (Å²) in [7, 11) is 0. The lowest BCUT2D eigenvalue weighted by molar-refractivity contribution is 0.834. The Hall–Kier alpha value is -8.48. The summed E-state index contributed by atoms with van der Waals surface area (Å²) in [6.07, 6.45) is 0. The van der Waals surface area contributed by atoms with Gasteiger partial charge in [0.05, 0.1) is 44.3 Å². The minimum Gasteiger partial charge on any atom is -0.309 e. The summed E-state index contributed by atoms with van der Waals surface area (Å²) in [5.74, 6) is 0. The molecule has 0 aliphatic rings. The van der Waals surface area contributed by atoms with Crippen molar-refractivity contribution in [3.8, 4) is 45.0 Å². The highest BCUT2D eigenvalue weighted by molar-refractivity contribution is 6.16. The van der Waals surface area contributed by atoms with Gasteiger partial charge in [-0.2, -0.15) is 0 Å². The molecule has 6 nitrogen and oxygen atoms in total. The Morgan fingerprint density at radius 1 is 0.274 bits per heavy atom. The van der Waals surface area contributed by atoms with E-state index >= 15 is 0 Å². The number of rotatable bonds is 6. The molecule has 0 atom stereocenters.